The van der Waals surface area contributed by atoms with E-state index in [1.54, 1.807) is 0 Å². The van der Waals surface area contributed by atoms with Crippen molar-refractivity contribution in [2.24, 2.45) is 0 Å². The van der Waals surface area contributed by atoms with E-state index in [0.717, 1.165) is 30.4 Å². The molecular formula is C25H24. The lowest BCUT2D eigenvalue weighted by molar-refractivity contribution is 1.12. The van der Waals surface area contributed by atoms with Crippen LogP contribution in [0.5, 0.6) is 0 Å². The first-order chi connectivity index (χ1) is 12.3. The fourth-order valence-electron chi connectivity index (χ4n) is 2.86. The molecule has 0 heteroatoms. The number of hydrogen-bond acceptors (Lipinski definition) is 0. The summed E-state index contributed by atoms with van der Waals surface area (Å²) in [6, 6.07) is 26.0. The van der Waals surface area contributed by atoms with E-state index in [2.05, 4.69) is 98.5 Å². The molecular weight excluding hydrogens is 300 g/mol. The van der Waals surface area contributed by atoms with E-state index in [1.807, 2.05) is 0 Å². The summed E-state index contributed by atoms with van der Waals surface area (Å²) in [5, 5.41) is 0. The molecule has 0 radical (unpaired) electrons. The molecule has 0 aromatic heterocycles. The molecule has 0 saturated heterocycles. The van der Waals surface area contributed by atoms with Gasteiger partial charge < -0.3 is 0 Å². The molecule has 0 N–H and O–H groups in total. The summed E-state index contributed by atoms with van der Waals surface area (Å²) in [6.07, 6.45) is 3.10. The molecule has 0 nitrogen and oxygen atoms in total. The summed E-state index contributed by atoms with van der Waals surface area (Å²) in [7, 11) is 0. The third-order valence-electron chi connectivity index (χ3n) is 4.48. The first-order valence-corrected chi connectivity index (χ1v) is 9.04. The molecule has 0 aliphatic heterocycles. The number of rotatable bonds is 4. The van der Waals surface area contributed by atoms with Crippen LogP contribution in [0.3, 0.4) is 0 Å². The molecule has 124 valence electrons. The van der Waals surface area contributed by atoms with Gasteiger partial charge in [0.1, 0.15) is 0 Å². The zero-order valence-electron chi connectivity index (χ0n) is 15.0. The zero-order valence-corrected chi connectivity index (χ0v) is 15.0. The lowest BCUT2D eigenvalue weighted by Gasteiger charge is -2.04. The van der Waals surface area contributed by atoms with Crippen LogP contribution in [0.15, 0.2) is 72.8 Å². The second-order valence-corrected chi connectivity index (χ2v) is 6.35. The summed E-state index contributed by atoms with van der Waals surface area (Å²) < 4.78 is 0. The van der Waals surface area contributed by atoms with E-state index in [9.17, 15) is 0 Å². The van der Waals surface area contributed by atoms with Crippen LogP contribution < -0.4 is 0 Å². The van der Waals surface area contributed by atoms with Gasteiger partial charge in [0, 0.05) is 11.1 Å². The molecule has 3 rings (SSSR count). The summed E-state index contributed by atoms with van der Waals surface area (Å²) in [5.41, 5.74) is 7.52. The fourth-order valence-corrected chi connectivity index (χ4v) is 2.86. The van der Waals surface area contributed by atoms with Gasteiger partial charge in [0.2, 0.25) is 0 Å². The van der Waals surface area contributed by atoms with Crippen LogP contribution in [0.25, 0.3) is 0 Å². The number of aryl methyl sites for hydroxylation is 2. The maximum absolute atomic E-state index is 3.29. The van der Waals surface area contributed by atoms with E-state index in [0.29, 0.717) is 0 Å². The van der Waals surface area contributed by atoms with E-state index in [-0.39, 0.29) is 0 Å². The average Bonchev–Trinajstić information content (AvgIpc) is 2.68. The minimum Gasteiger partial charge on any atom is -0.0617 e. The summed E-state index contributed by atoms with van der Waals surface area (Å²) >= 11 is 0. The smallest absolute Gasteiger partial charge is 0.0251 e. The van der Waals surface area contributed by atoms with E-state index in [1.165, 1.54) is 22.3 Å². The SMILES string of the molecule is CCc1ccc(C#Cc2cccc(Cc3ccc(CC)cc3)c2)cc1. The normalized spacial score (nSPS) is 10.2. The zero-order chi connectivity index (χ0) is 17.5. The standard InChI is InChI=1S/C25H24/c1-3-20-8-12-22(13-9-20)14-17-23-6-5-7-25(18-23)19-24-15-10-21(4-2)11-16-24/h5-13,15-16,18H,3-4,19H2,1-2H3. The minimum absolute atomic E-state index is 0.949. The Morgan fingerprint density at radius 2 is 1.12 bits per heavy atom. The van der Waals surface area contributed by atoms with Crippen LogP contribution >= 0.6 is 0 Å². The van der Waals surface area contributed by atoms with Gasteiger partial charge in [-0.25, -0.2) is 0 Å². The Hall–Kier alpha value is -2.78. The second kappa shape index (κ2) is 8.36. The predicted octanol–water partition coefficient (Wildman–Crippen LogP) is 5.80. The van der Waals surface area contributed by atoms with Gasteiger partial charge in [-0.2, -0.15) is 0 Å². The third kappa shape index (κ3) is 4.85. The molecule has 0 bridgehead atoms. The van der Waals surface area contributed by atoms with Gasteiger partial charge in [-0.05, 0) is 65.8 Å². The molecule has 0 unspecified atom stereocenters. The first-order valence-electron chi connectivity index (χ1n) is 9.04. The van der Waals surface area contributed by atoms with Gasteiger partial charge in [0.15, 0.2) is 0 Å². The molecule has 0 amide bonds. The summed E-state index contributed by atoms with van der Waals surface area (Å²) in [4.78, 5) is 0. The van der Waals surface area contributed by atoms with Gasteiger partial charge in [-0.15, -0.1) is 0 Å². The molecule has 0 aliphatic rings. The molecule has 0 saturated carbocycles. The highest BCUT2D eigenvalue weighted by atomic mass is 14.0. The lowest BCUT2D eigenvalue weighted by Crippen LogP contribution is -1.90. The summed E-state index contributed by atoms with van der Waals surface area (Å²) in [6.45, 7) is 4.36. The average molecular weight is 324 g/mol. The highest BCUT2D eigenvalue weighted by molar-refractivity contribution is 5.45. The largest absolute Gasteiger partial charge is 0.0617 e. The molecule has 3 aromatic rings. The molecule has 0 atom stereocenters. The van der Waals surface area contributed by atoms with Crippen molar-refractivity contribution in [2.45, 2.75) is 33.1 Å². The Kier molecular flexibility index (Phi) is 5.70. The predicted molar refractivity (Wildman–Crippen MR) is 107 cm³/mol. The maximum atomic E-state index is 3.29. The Morgan fingerprint density at radius 3 is 1.76 bits per heavy atom. The van der Waals surface area contributed by atoms with Crippen molar-refractivity contribution in [3.05, 3.63) is 106 Å². The van der Waals surface area contributed by atoms with Crippen LogP contribution in [0.2, 0.25) is 0 Å². The van der Waals surface area contributed by atoms with E-state index < -0.39 is 0 Å². The molecule has 3 aromatic carbocycles. The monoisotopic (exact) mass is 324 g/mol. The lowest BCUT2D eigenvalue weighted by atomic mass is 10.0. The molecule has 0 heterocycles. The molecule has 25 heavy (non-hydrogen) atoms. The molecule has 0 aliphatic carbocycles. The third-order valence-corrected chi connectivity index (χ3v) is 4.48. The van der Waals surface area contributed by atoms with Crippen LogP contribution in [-0.2, 0) is 19.3 Å². The van der Waals surface area contributed by atoms with E-state index >= 15 is 0 Å². The van der Waals surface area contributed by atoms with E-state index in [4.69, 9.17) is 0 Å². The first kappa shape index (κ1) is 17.1. The number of hydrogen-bond donors (Lipinski definition) is 0. The van der Waals surface area contributed by atoms with Crippen molar-refractivity contribution < 1.29 is 0 Å². The number of benzene rings is 3. The maximum Gasteiger partial charge on any atom is 0.0251 e. The van der Waals surface area contributed by atoms with Crippen molar-refractivity contribution in [3.8, 4) is 11.8 Å². The van der Waals surface area contributed by atoms with Gasteiger partial charge in [0.05, 0.1) is 0 Å². The minimum atomic E-state index is 0.949. The van der Waals surface area contributed by atoms with Gasteiger partial charge in [-0.1, -0.05) is 74.2 Å². The quantitative estimate of drug-likeness (QED) is 0.532. The van der Waals surface area contributed by atoms with Crippen molar-refractivity contribution in [1.82, 2.24) is 0 Å². The topological polar surface area (TPSA) is 0 Å². The molecule has 0 fully saturated rings. The summed E-state index contributed by atoms with van der Waals surface area (Å²) in [5.74, 6) is 6.56. The van der Waals surface area contributed by atoms with Crippen LogP contribution in [0.4, 0.5) is 0 Å². The van der Waals surface area contributed by atoms with Crippen molar-refractivity contribution in [2.75, 3.05) is 0 Å². The Balaban J connectivity index is 1.73. The van der Waals surface area contributed by atoms with Crippen molar-refractivity contribution >= 4 is 0 Å². The van der Waals surface area contributed by atoms with Crippen LogP contribution in [0.1, 0.15) is 47.2 Å². The Bertz CT molecular complexity index is 872. The van der Waals surface area contributed by atoms with Crippen LogP contribution in [-0.4, -0.2) is 0 Å². The van der Waals surface area contributed by atoms with Gasteiger partial charge in [-0.3, -0.25) is 0 Å². The Labute approximate surface area is 151 Å². The van der Waals surface area contributed by atoms with Gasteiger partial charge >= 0.3 is 0 Å². The van der Waals surface area contributed by atoms with Gasteiger partial charge in [0.25, 0.3) is 0 Å². The molecule has 0 spiro atoms. The van der Waals surface area contributed by atoms with Crippen LogP contribution in [0, 0.1) is 11.8 Å². The highest BCUT2D eigenvalue weighted by Gasteiger charge is 1.98. The highest BCUT2D eigenvalue weighted by Crippen LogP contribution is 2.13. The second-order valence-electron chi connectivity index (χ2n) is 6.35. The fraction of sp³-hybridized carbons (Fsp3) is 0.200. The van der Waals surface area contributed by atoms with Crippen molar-refractivity contribution in [3.63, 3.8) is 0 Å². The van der Waals surface area contributed by atoms with Crippen molar-refractivity contribution in [1.29, 1.82) is 0 Å². The Morgan fingerprint density at radius 1 is 0.560 bits per heavy atom.